The van der Waals surface area contributed by atoms with Gasteiger partial charge >= 0.3 is 6.09 Å². The number of hydrogen-bond donors (Lipinski definition) is 4. The Labute approximate surface area is 214 Å². The van der Waals surface area contributed by atoms with Crippen LogP contribution in [0.25, 0.3) is 0 Å². The number of rotatable bonds is 13. The van der Waals surface area contributed by atoms with Crippen LogP contribution < -0.4 is 21.7 Å². The molecule has 3 rings (SSSR count). The zero-order valence-electron chi connectivity index (χ0n) is 22.0. The fraction of sp³-hybridized carbons (Fsp3) is 0.667. The minimum atomic E-state index is -0.500. The molecule has 0 aromatic heterocycles. The van der Waals surface area contributed by atoms with Gasteiger partial charge in [0, 0.05) is 13.0 Å². The summed E-state index contributed by atoms with van der Waals surface area (Å²) in [4.78, 5) is 35.8. The minimum Gasteiger partial charge on any atom is -0.444 e. The number of nitrogens with two attached hydrogens (primary N) is 1. The molecule has 5 atom stereocenters. The highest BCUT2D eigenvalue weighted by molar-refractivity contribution is 5.83. The lowest BCUT2D eigenvalue weighted by Gasteiger charge is -2.27. The third kappa shape index (κ3) is 9.09. The van der Waals surface area contributed by atoms with Crippen molar-refractivity contribution in [3.05, 3.63) is 35.4 Å². The molecule has 0 bridgehead atoms. The number of nitrogens with one attached hydrogen (secondary N) is 3. The van der Waals surface area contributed by atoms with E-state index in [1.54, 1.807) is 0 Å². The zero-order chi connectivity index (χ0) is 26.3. The van der Waals surface area contributed by atoms with Crippen molar-refractivity contribution in [3.63, 3.8) is 0 Å². The molecule has 36 heavy (non-hydrogen) atoms. The fourth-order valence-corrected chi connectivity index (χ4v) is 4.57. The summed E-state index contributed by atoms with van der Waals surface area (Å²) in [5.41, 5.74) is 7.05. The molecule has 9 heteroatoms. The fourth-order valence-electron chi connectivity index (χ4n) is 4.57. The molecule has 2 fully saturated rings. The maximum absolute atomic E-state index is 12.8. The quantitative estimate of drug-likeness (QED) is 0.306. The lowest BCUT2D eigenvalue weighted by Crippen LogP contribution is -2.51. The molecule has 1 aromatic rings. The van der Waals surface area contributed by atoms with Crippen LogP contribution in [-0.4, -0.2) is 54.8 Å². The van der Waals surface area contributed by atoms with Gasteiger partial charge in [0.1, 0.15) is 5.60 Å². The SMILES string of the molecule is CC(OCc1ccc(CCCNC(=O)OC(C)(C)C)cc1)C(CCC(N)=O)NC(=O)[C@H]1NC[C@H]2C[C@H]21. The Balaban J connectivity index is 1.41. The predicted octanol–water partition coefficient (Wildman–Crippen LogP) is 2.41. The summed E-state index contributed by atoms with van der Waals surface area (Å²) >= 11 is 0. The van der Waals surface area contributed by atoms with Crippen LogP contribution in [0.5, 0.6) is 0 Å². The Hall–Kier alpha value is -2.65. The second kappa shape index (κ2) is 12.5. The standard InChI is InChI=1S/C27H42N4O5/c1-17(22(11-12-23(28)32)31-25(33)24-21-14-20(21)15-30-24)35-16-19-9-7-18(8-10-19)6-5-13-29-26(34)36-27(2,3)4/h7-10,17,20-22,24,30H,5-6,11-16H2,1-4H3,(H2,28,32)(H,29,34)(H,31,33)/t17?,20-,21-,22?,24+/m1/s1. The lowest BCUT2D eigenvalue weighted by atomic mass is 10.0. The lowest BCUT2D eigenvalue weighted by molar-refractivity contribution is -0.126. The molecule has 9 nitrogen and oxygen atoms in total. The number of alkyl carbamates (subject to hydrolysis) is 1. The van der Waals surface area contributed by atoms with E-state index in [0.29, 0.717) is 31.4 Å². The first-order chi connectivity index (χ1) is 17.0. The summed E-state index contributed by atoms with van der Waals surface area (Å²) in [6.45, 7) is 9.28. The summed E-state index contributed by atoms with van der Waals surface area (Å²) in [5, 5.41) is 9.16. The number of carbonyl (C=O) groups is 3. The van der Waals surface area contributed by atoms with Crippen molar-refractivity contribution in [3.8, 4) is 0 Å². The first kappa shape index (κ1) is 27.9. The van der Waals surface area contributed by atoms with Crippen LogP contribution in [0.15, 0.2) is 24.3 Å². The van der Waals surface area contributed by atoms with Gasteiger partial charge in [-0.2, -0.15) is 0 Å². The molecular formula is C27H42N4O5. The van der Waals surface area contributed by atoms with Gasteiger partial charge in [-0.3, -0.25) is 9.59 Å². The van der Waals surface area contributed by atoms with Crippen LogP contribution >= 0.6 is 0 Å². The molecule has 1 saturated heterocycles. The third-order valence-corrected chi connectivity index (χ3v) is 6.73. The smallest absolute Gasteiger partial charge is 0.407 e. The van der Waals surface area contributed by atoms with Crippen LogP contribution in [0.1, 0.15) is 64.5 Å². The molecule has 1 aromatic carbocycles. The number of fused-ring (bicyclic) bond motifs is 1. The van der Waals surface area contributed by atoms with Crippen LogP contribution in [0, 0.1) is 11.8 Å². The van der Waals surface area contributed by atoms with Gasteiger partial charge in [0.05, 0.1) is 24.8 Å². The van der Waals surface area contributed by atoms with E-state index in [0.717, 1.165) is 31.4 Å². The van der Waals surface area contributed by atoms with Crippen molar-refractivity contribution < 1.29 is 23.9 Å². The normalized spacial score (nSPS) is 22.3. The number of benzene rings is 1. The number of carbonyl (C=O) groups excluding carboxylic acids is 3. The Morgan fingerprint density at radius 1 is 1.17 bits per heavy atom. The largest absolute Gasteiger partial charge is 0.444 e. The number of hydrogen-bond acceptors (Lipinski definition) is 6. The first-order valence-corrected chi connectivity index (χ1v) is 13.0. The number of ether oxygens (including phenoxy) is 2. The van der Waals surface area contributed by atoms with Gasteiger partial charge in [0.2, 0.25) is 11.8 Å². The molecule has 1 aliphatic heterocycles. The summed E-state index contributed by atoms with van der Waals surface area (Å²) in [5.74, 6) is 0.655. The topological polar surface area (TPSA) is 132 Å². The average molecular weight is 503 g/mol. The number of piperidine rings is 1. The molecule has 1 saturated carbocycles. The molecule has 5 N–H and O–H groups in total. The van der Waals surface area contributed by atoms with E-state index in [9.17, 15) is 14.4 Å². The third-order valence-electron chi connectivity index (χ3n) is 6.73. The van der Waals surface area contributed by atoms with Gasteiger partial charge in [0.25, 0.3) is 0 Å². The van der Waals surface area contributed by atoms with Crippen molar-refractivity contribution >= 4 is 17.9 Å². The Morgan fingerprint density at radius 3 is 2.44 bits per heavy atom. The highest BCUT2D eigenvalue weighted by Crippen LogP contribution is 2.45. The second-order valence-corrected chi connectivity index (χ2v) is 11.0. The minimum absolute atomic E-state index is 0.0181. The van der Waals surface area contributed by atoms with Gasteiger partial charge in [-0.25, -0.2) is 4.79 Å². The number of amides is 3. The van der Waals surface area contributed by atoms with E-state index in [1.165, 1.54) is 5.56 Å². The maximum atomic E-state index is 12.8. The summed E-state index contributed by atoms with van der Waals surface area (Å²) in [6.07, 6.45) is 2.73. The summed E-state index contributed by atoms with van der Waals surface area (Å²) < 4.78 is 11.3. The Bertz CT molecular complexity index is 898. The van der Waals surface area contributed by atoms with Crippen molar-refractivity contribution in [2.24, 2.45) is 17.6 Å². The monoisotopic (exact) mass is 502 g/mol. The van der Waals surface area contributed by atoms with E-state index in [4.69, 9.17) is 15.2 Å². The van der Waals surface area contributed by atoms with E-state index in [-0.39, 0.29) is 36.4 Å². The molecule has 0 spiro atoms. The molecule has 200 valence electrons. The van der Waals surface area contributed by atoms with E-state index in [1.807, 2.05) is 39.8 Å². The summed E-state index contributed by atoms with van der Waals surface area (Å²) in [6, 6.07) is 7.72. The van der Waals surface area contributed by atoms with Crippen LogP contribution in [0.4, 0.5) is 4.79 Å². The highest BCUT2D eigenvalue weighted by atomic mass is 16.6. The van der Waals surface area contributed by atoms with E-state index in [2.05, 4.69) is 28.1 Å². The molecule has 1 heterocycles. The van der Waals surface area contributed by atoms with Crippen molar-refractivity contribution in [2.75, 3.05) is 13.1 Å². The average Bonchev–Trinajstić information content (AvgIpc) is 3.46. The van der Waals surface area contributed by atoms with E-state index < -0.39 is 11.7 Å². The van der Waals surface area contributed by atoms with Gasteiger partial charge in [0.15, 0.2) is 0 Å². The molecule has 3 amide bonds. The maximum Gasteiger partial charge on any atom is 0.407 e. The number of primary amides is 1. The number of aryl methyl sites for hydroxylation is 1. The van der Waals surface area contributed by atoms with E-state index >= 15 is 0 Å². The molecule has 2 unspecified atom stereocenters. The Morgan fingerprint density at radius 2 is 1.86 bits per heavy atom. The second-order valence-electron chi connectivity index (χ2n) is 11.0. The van der Waals surface area contributed by atoms with Crippen LogP contribution in [-0.2, 0) is 32.1 Å². The molecule has 0 radical (unpaired) electrons. The van der Waals surface area contributed by atoms with Gasteiger partial charge < -0.3 is 31.2 Å². The van der Waals surface area contributed by atoms with Gasteiger partial charge in [-0.15, -0.1) is 0 Å². The van der Waals surface area contributed by atoms with Gasteiger partial charge in [-0.1, -0.05) is 24.3 Å². The molecule has 1 aliphatic carbocycles. The zero-order valence-corrected chi connectivity index (χ0v) is 22.0. The van der Waals surface area contributed by atoms with Crippen molar-refractivity contribution in [1.29, 1.82) is 0 Å². The van der Waals surface area contributed by atoms with Crippen LogP contribution in [0.2, 0.25) is 0 Å². The Kier molecular flexibility index (Phi) is 9.73. The molecule has 2 aliphatic rings. The van der Waals surface area contributed by atoms with Crippen molar-refractivity contribution in [1.82, 2.24) is 16.0 Å². The summed E-state index contributed by atoms with van der Waals surface area (Å²) in [7, 11) is 0. The van der Waals surface area contributed by atoms with Gasteiger partial charge in [-0.05, 0) is 82.9 Å². The predicted molar refractivity (Wildman–Crippen MR) is 137 cm³/mol. The highest BCUT2D eigenvalue weighted by Gasteiger charge is 2.51. The molecular weight excluding hydrogens is 460 g/mol. The van der Waals surface area contributed by atoms with Crippen molar-refractivity contribution in [2.45, 2.75) is 90.2 Å². The first-order valence-electron chi connectivity index (χ1n) is 13.0. The van der Waals surface area contributed by atoms with Crippen LogP contribution in [0.3, 0.4) is 0 Å².